The van der Waals surface area contributed by atoms with E-state index in [9.17, 15) is 5.26 Å². The van der Waals surface area contributed by atoms with Gasteiger partial charge in [-0.05, 0) is 65.5 Å². The summed E-state index contributed by atoms with van der Waals surface area (Å²) in [6.45, 7) is 5.54. The molecule has 2 aliphatic rings. The number of nitriles is 1. The van der Waals surface area contributed by atoms with Gasteiger partial charge in [-0.15, -0.1) is 0 Å². The van der Waals surface area contributed by atoms with E-state index in [0.29, 0.717) is 6.04 Å². The van der Waals surface area contributed by atoms with Crippen molar-refractivity contribution in [2.24, 2.45) is 5.92 Å². The molecular formula is C15H27N3. The number of rotatable bonds is 4. The van der Waals surface area contributed by atoms with E-state index in [1.54, 1.807) is 0 Å². The van der Waals surface area contributed by atoms with E-state index < -0.39 is 0 Å². The van der Waals surface area contributed by atoms with Gasteiger partial charge in [0.15, 0.2) is 0 Å². The maximum atomic E-state index is 9.29. The van der Waals surface area contributed by atoms with Gasteiger partial charge in [-0.1, -0.05) is 6.42 Å². The molecule has 2 fully saturated rings. The molecule has 2 rings (SSSR count). The minimum Gasteiger partial charge on any atom is -0.303 e. The van der Waals surface area contributed by atoms with Gasteiger partial charge in [-0.2, -0.15) is 5.26 Å². The number of fused-ring (bicyclic) bond motifs is 1. The molecule has 0 spiro atoms. The first-order valence-corrected chi connectivity index (χ1v) is 7.45. The van der Waals surface area contributed by atoms with Crippen molar-refractivity contribution in [3.05, 3.63) is 0 Å². The lowest BCUT2D eigenvalue weighted by atomic mass is 9.88. The molecule has 4 unspecified atom stereocenters. The molecule has 0 aromatic carbocycles. The van der Waals surface area contributed by atoms with Crippen LogP contribution in [0.15, 0.2) is 0 Å². The molecule has 1 saturated carbocycles. The third-order valence-electron chi connectivity index (χ3n) is 5.10. The maximum Gasteiger partial charge on any atom is 0.105 e. The monoisotopic (exact) mass is 249 g/mol. The fourth-order valence-corrected chi connectivity index (χ4v) is 3.95. The van der Waals surface area contributed by atoms with Gasteiger partial charge < -0.3 is 5.32 Å². The first kappa shape index (κ1) is 13.8. The van der Waals surface area contributed by atoms with Crippen molar-refractivity contribution >= 4 is 0 Å². The molecule has 0 amide bonds. The van der Waals surface area contributed by atoms with Crippen LogP contribution >= 0.6 is 0 Å². The Hall–Kier alpha value is -0.590. The topological polar surface area (TPSA) is 39.1 Å². The molecule has 3 nitrogen and oxygen atoms in total. The third kappa shape index (κ3) is 2.70. The molecule has 102 valence electrons. The number of nitrogens with one attached hydrogen (secondary N) is 1. The summed E-state index contributed by atoms with van der Waals surface area (Å²) in [5.74, 6) is 0.934. The van der Waals surface area contributed by atoms with E-state index in [0.717, 1.165) is 18.4 Å². The van der Waals surface area contributed by atoms with E-state index in [4.69, 9.17) is 0 Å². The smallest absolute Gasteiger partial charge is 0.105 e. The van der Waals surface area contributed by atoms with E-state index in [1.165, 1.54) is 38.6 Å². The van der Waals surface area contributed by atoms with Crippen molar-refractivity contribution in [1.82, 2.24) is 10.2 Å². The van der Waals surface area contributed by atoms with Gasteiger partial charge in [-0.25, -0.2) is 0 Å². The van der Waals surface area contributed by atoms with Crippen LogP contribution in [0.5, 0.6) is 0 Å². The number of piperidine rings is 1. The van der Waals surface area contributed by atoms with Crippen LogP contribution in [0.3, 0.4) is 0 Å². The molecule has 0 aromatic rings. The SMILES string of the molecule is CNC(C)(C#N)CC(C)N1CCCC2CCCC21. The molecule has 1 N–H and O–H groups in total. The molecule has 1 saturated heterocycles. The number of hydrogen-bond donors (Lipinski definition) is 1. The summed E-state index contributed by atoms with van der Waals surface area (Å²) in [5, 5.41) is 12.5. The molecule has 1 heterocycles. The van der Waals surface area contributed by atoms with Crippen LogP contribution in [0.25, 0.3) is 0 Å². The van der Waals surface area contributed by atoms with Gasteiger partial charge in [-0.3, -0.25) is 4.90 Å². The summed E-state index contributed by atoms with van der Waals surface area (Å²) < 4.78 is 0. The molecule has 3 heteroatoms. The molecular weight excluding hydrogens is 222 g/mol. The van der Waals surface area contributed by atoms with Crippen LogP contribution in [0.4, 0.5) is 0 Å². The third-order valence-corrected chi connectivity index (χ3v) is 5.10. The molecule has 0 aromatic heterocycles. The molecule has 0 bridgehead atoms. The zero-order valence-corrected chi connectivity index (χ0v) is 12.1. The molecule has 4 atom stereocenters. The first-order chi connectivity index (χ1) is 8.59. The summed E-state index contributed by atoms with van der Waals surface area (Å²) in [5.41, 5.74) is -0.384. The largest absolute Gasteiger partial charge is 0.303 e. The second-order valence-electron chi connectivity index (χ2n) is 6.39. The summed E-state index contributed by atoms with van der Waals surface area (Å²) in [7, 11) is 1.89. The highest BCUT2D eigenvalue weighted by molar-refractivity contribution is 5.05. The highest BCUT2D eigenvalue weighted by Crippen LogP contribution is 2.38. The molecule has 1 aliphatic carbocycles. The van der Waals surface area contributed by atoms with Gasteiger partial charge in [0.2, 0.25) is 0 Å². The van der Waals surface area contributed by atoms with E-state index in [-0.39, 0.29) is 5.54 Å². The van der Waals surface area contributed by atoms with Crippen LogP contribution in [0.1, 0.15) is 52.4 Å². The van der Waals surface area contributed by atoms with Gasteiger partial charge in [0.1, 0.15) is 5.54 Å². The predicted octanol–water partition coefficient (Wildman–Crippen LogP) is 2.53. The lowest BCUT2D eigenvalue weighted by Crippen LogP contribution is -2.51. The molecule has 0 radical (unpaired) electrons. The second-order valence-corrected chi connectivity index (χ2v) is 6.39. The quantitative estimate of drug-likeness (QED) is 0.832. The Bertz CT molecular complexity index is 322. The van der Waals surface area contributed by atoms with Crippen LogP contribution in [-0.2, 0) is 0 Å². The fraction of sp³-hybridized carbons (Fsp3) is 0.933. The van der Waals surface area contributed by atoms with E-state index in [1.807, 2.05) is 14.0 Å². The zero-order chi connectivity index (χ0) is 13.2. The van der Waals surface area contributed by atoms with E-state index >= 15 is 0 Å². The Labute approximate surface area is 112 Å². The first-order valence-electron chi connectivity index (χ1n) is 7.45. The van der Waals surface area contributed by atoms with E-state index in [2.05, 4.69) is 23.2 Å². The second kappa shape index (κ2) is 5.59. The Balaban J connectivity index is 2.00. The van der Waals surface area contributed by atoms with Gasteiger partial charge >= 0.3 is 0 Å². The Kier molecular flexibility index (Phi) is 4.29. The lowest BCUT2D eigenvalue weighted by Gasteiger charge is -2.43. The summed E-state index contributed by atoms with van der Waals surface area (Å²) in [6, 6.07) is 3.73. The van der Waals surface area contributed by atoms with Crippen LogP contribution in [-0.4, -0.2) is 36.1 Å². The number of hydrogen-bond acceptors (Lipinski definition) is 3. The van der Waals surface area contributed by atoms with Crippen LogP contribution in [0, 0.1) is 17.2 Å². The number of likely N-dealkylation sites (tertiary alicyclic amines) is 1. The minimum atomic E-state index is -0.384. The average Bonchev–Trinajstić information content (AvgIpc) is 2.86. The molecule has 18 heavy (non-hydrogen) atoms. The zero-order valence-electron chi connectivity index (χ0n) is 12.1. The highest BCUT2D eigenvalue weighted by atomic mass is 15.2. The van der Waals surface area contributed by atoms with Crippen molar-refractivity contribution in [2.75, 3.05) is 13.6 Å². The Morgan fingerprint density at radius 3 is 2.78 bits per heavy atom. The highest BCUT2D eigenvalue weighted by Gasteiger charge is 2.38. The maximum absolute atomic E-state index is 9.29. The fourth-order valence-electron chi connectivity index (χ4n) is 3.95. The Morgan fingerprint density at radius 2 is 2.11 bits per heavy atom. The van der Waals surface area contributed by atoms with Crippen molar-refractivity contribution in [3.63, 3.8) is 0 Å². The predicted molar refractivity (Wildman–Crippen MR) is 74.2 cm³/mol. The van der Waals surface area contributed by atoms with Gasteiger partial charge in [0, 0.05) is 12.1 Å². The average molecular weight is 249 g/mol. The van der Waals surface area contributed by atoms with Crippen LogP contribution < -0.4 is 5.32 Å². The summed E-state index contributed by atoms with van der Waals surface area (Å²) >= 11 is 0. The standard InChI is InChI=1S/C15H27N3/c1-12(10-15(2,11-16)17-3)18-9-5-7-13-6-4-8-14(13)18/h12-14,17H,4-10H2,1-3H3. The summed E-state index contributed by atoms with van der Waals surface area (Å²) in [4.78, 5) is 2.69. The van der Waals surface area contributed by atoms with Crippen molar-refractivity contribution < 1.29 is 0 Å². The van der Waals surface area contributed by atoms with Gasteiger partial charge in [0.05, 0.1) is 6.07 Å². The summed E-state index contributed by atoms with van der Waals surface area (Å²) in [6.07, 6.45) is 7.89. The normalized spacial score (nSPS) is 33.4. The van der Waals surface area contributed by atoms with Crippen molar-refractivity contribution in [2.45, 2.75) is 70.0 Å². The van der Waals surface area contributed by atoms with Crippen molar-refractivity contribution in [3.8, 4) is 6.07 Å². The van der Waals surface area contributed by atoms with Crippen LogP contribution in [0.2, 0.25) is 0 Å². The molecule has 1 aliphatic heterocycles. The van der Waals surface area contributed by atoms with Crippen molar-refractivity contribution in [1.29, 1.82) is 5.26 Å². The van der Waals surface area contributed by atoms with Gasteiger partial charge in [0.25, 0.3) is 0 Å². The number of nitrogens with zero attached hydrogens (tertiary/aromatic N) is 2. The lowest BCUT2D eigenvalue weighted by molar-refractivity contribution is 0.0631. The Morgan fingerprint density at radius 1 is 1.39 bits per heavy atom. The minimum absolute atomic E-state index is 0.384.